The summed E-state index contributed by atoms with van der Waals surface area (Å²) in [6.07, 6.45) is 6.11. The lowest BCUT2D eigenvalue weighted by atomic mass is 10.1. The maximum absolute atomic E-state index is 11.0. The van der Waals surface area contributed by atoms with Crippen LogP contribution in [0.1, 0.15) is 25.7 Å². The predicted molar refractivity (Wildman–Crippen MR) is 68.3 cm³/mol. The van der Waals surface area contributed by atoms with Crippen molar-refractivity contribution in [2.45, 2.75) is 25.7 Å². The quantitative estimate of drug-likeness (QED) is 0.644. The first kappa shape index (κ1) is 12.5. The summed E-state index contributed by atoms with van der Waals surface area (Å²) in [5.74, 6) is 0.813. The molecule has 1 fully saturated rings. The van der Waals surface area contributed by atoms with Crippen molar-refractivity contribution >= 4 is 17.3 Å². The number of nitrogen functional groups attached to an aromatic ring is 1. The summed E-state index contributed by atoms with van der Waals surface area (Å²) < 4.78 is 0. The lowest BCUT2D eigenvalue weighted by Gasteiger charge is -2.21. The van der Waals surface area contributed by atoms with Gasteiger partial charge >= 0.3 is 5.69 Å². The van der Waals surface area contributed by atoms with Crippen LogP contribution in [-0.2, 0) is 0 Å². The maximum Gasteiger partial charge on any atom is 0.353 e. The van der Waals surface area contributed by atoms with Gasteiger partial charge in [-0.3, -0.25) is 10.1 Å². The number of nitrogens with zero attached hydrogens (tertiary/aromatic N) is 4. The Kier molecular flexibility index (Phi) is 3.59. The first-order valence-corrected chi connectivity index (χ1v) is 6.05. The summed E-state index contributed by atoms with van der Waals surface area (Å²) in [4.78, 5) is 20.0. The fourth-order valence-corrected chi connectivity index (χ4v) is 2.50. The summed E-state index contributed by atoms with van der Waals surface area (Å²) >= 11 is 0. The van der Waals surface area contributed by atoms with Crippen molar-refractivity contribution in [1.82, 2.24) is 9.97 Å². The fraction of sp³-hybridized carbons (Fsp3) is 0.636. The van der Waals surface area contributed by atoms with Gasteiger partial charge in [-0.15, -0.1) is 0 Å². The van der Waals surface area contributed by atoms with Crippen LogP contribution in [0.2, 0.25) is 0 Å². The lowest BCUT2D eigenvalue weighted by molar-refractivity contribution is -0.383. The molecule has 0 atom stereocenters. The van der Waals surface area contributed by atoms with E-state index in [1.807, 2.05) is 11.9 Å². The van der Waals surface area contributed by atoms with Crippen LogP contribution in [0.4, 0.5) is 17.3 Å². The minimum atomic E-state index is -0.518. The molecule has 1 aliphatic rings. The second kappa shape index (κ2) is 5.16. The topological polar surface area (TPSA) is 98.2 Å². The van der Waals surface area contributed by atoms with Crippen molar-refractivity contribution in [2.24, 2.45) is 5.92 Å². The highest BCUT2D eigenvalue weighted by Gasteiger charge is 2.26. The minimum Gasteiger partial charge on any atom is -0.378 e. The molecule has 1 aliphatic carbocycles. The molecule has 1 saturated carbocycles. The van der Waals surface area contributed by atoms with E-state index in [0.717, 1.165) is 6.54 Å². The number of rotatable bonds is 4. The zero-order chi connectivity index (χ0) is 13.1. The Hall–Kier alpha value is -1.92. The van der Waals surface area contributed by atoms with Gasteiger partial charge in [0.1, 0.15) is 6.33 Å². The molecule has 0 saturated heterocycles. The molecular weight excluding hydrogens is 234 g/mol. The number of hydrogen-bond acceptors (Lipinski definition) is 6. The fourth-order valence-electron chi connectivity index (χ4n) is 2.50. The Morgan fingerprint density at radius 3 is 2.78 bits per heavy atom. The molecule has 0 spiro atoms. The molecule has 0 aromatic carbocycles. The summed E-state index contributed by atoms with van der Waals surface area (Å²) in [5, 5.41) is 11.0. The minimum absolute atomic E-state index is 0.0803. The zero-order valence-electron chi connectivity index (χ0n) is 10.4. The molecule has 1 aromatic rings. The molecule has 0 aliphatic heterocycles. The van der Waals surface area contributed by atoms with Gasteiger partial charge in [0.2, 0.25) is 11.6 Å². The van der Waals surface area contributed by atoms with Crippen LogP contribution in [0, 0.1) is 16.0 Å². The number of anilines is 2. The number of aromatic nitrogens is 2. The van der Waals surface area contributed by atoms with Crippen molar-refractivity contribution in [3.8, 4) is 0 Å². The summed E-state index contributed by atoms with van der Waals surface area (Å²) in [6, 6.07) is 0. The van der Waals surface area contributed by atoms with Crippen molar-refractivity contribution in [3.05, 3.63) is 16.4 Å². The van der Waals surface area contributed by atoms with Crippen molar-refractivity contribution in [3.63, 3.8) is 0 Å². The summed E-state index contributed by atoms with van der Waals surface area (Å²) in [7, 11) is 1.81. The molecule has 2 N–H and O–H groups in total. The second-order valence-corrected chi connectivity index (χ2v) is 4.72. The highest BCUT2D eigenvalue weighted by molar-refractivity contribution is 5.68. The molecule has 7 heteroatoms. The largest absolute Gasteiger partial charge is 0.378 e. The van der Waals surface area contributed by atoms with E-state index in [0.29, 0.717) is 11.7 Å². The van der Waals surface area contributed by atoms with Crippen LogP contribution in [-0.4, -0.2) is 28.5 Å². The second-order valence-electron chi connectivity index (χ2n) is 4.72. The predicted octanol–water partition coefficient (Wildman–Crippen LogP) is 1.59. The van der Waals surface area contributed by atoms with Crippen LogP contribution in [0.3, 0.4) is 0 Å². The Labute approximate surface area is 105 Å². The molecule has 0 amide bonds. The molecule has 18 heavy (non-hydrogen) atoms. The summed E-state index contributed by atoms with van der Waals surface area (Å²) in [6.45, 7) is 0.775. The van der Waals surface area contributed by atoms with Crippen LogP contribution >= 0.6 is 0 Å². The third-order valence-corrected chi connectivity index (χ3v) is 3.38. The molecule has 0 bridgehead atoms. The Morgan fingerprint density at radius 2 is 2.17 bits per heavy atom. The molecule has 1 heterocycles. The Balaban J connectivity index is 2.20. The first-order valence-electron chi connectivity index (χ1n) is 6.05. The molecule has 2 rings (SSSR count). The Morgan fingerprint density at radius 1 is 1.50 bits per heavy atom. The van der Waals surface area contributed by atoms with Gasteiger partial charge in [0.05, 0.1) is 4.92 Å². The standard InChI is InChI=1S/C11H17N5O2/c1-15(6-8-4-2-3-5-8)11-9(16(17)18)10(12)13-7-14-11/h7-8H,2-6H2,1H3,(H2,12,13,14). The third kappa shape index (κ3) is 2.49. The normalized spacial score (nSPS) is 15.8. The van der Waals surface area contributed by atoms with E-state index >= 15 is 0 Å². The molecule has 98 valence electrons. The van der Waals surface area contributed by atoms with Crippen LogP contribution in [0.15, 0.2) is 6.33 Å². The van der Waals surface area contributed by atoms with E-state index in [1.165, 1.54) is 32.0 Å². The highest BCUT2D eigenvalue weighted by Crippen LogP contribution is 2.31. The van der Waals surface area contributed by atoms with Gasteiger partial charge in [-0.1, -0.05) is 12.8 Å². The van der Waals surface area contributed by atoms with Gasteiger partial charge in [-0.2, -0.15) is 0 Å². The monoisotopic (exact) mass is 251 g/mol. The summed E-state index contributed by atoms with van der Waals surface area (Å²) in [5.41, 5.74) is 5.35. The third-order valence-electron chi connectivity index (χ3n) is 3.38. The van der Waals surface area contributed by atoms with E-state index in [1.54, 1.807) is 0 Å². The highest BCUT2D eigenvalue weighted by atomic mass is 16.6. The molecule has 0 unspecified atom stereocenters. The SMILES string of the molecule is CN(CC1CCCC1)c1ncnc(N)c1[N+](=O)[O-]. The first-order chi connectivity index (χ1) is 8.59. The number of nitrogens with two attached hydrogens (primary N) is 1. The van der Waals surface area contributed by atoms with Gasteiger partial charge in [0.25, 0.3) is 0 Å². The van der Waals surface area contributed by atoms with Crippen LogP contribution in [0.5, 0.6) is 0 Å². The molecular formula is C11H17N5O2. The van der Waals surface area contributed by atoms with E-state index in [4.69, 9.17) is 5.73 Å². The Bertz CT molecular complexity index is 445. The van der Waals surface area contributed by atoms with Crippen molar-refractivity contribution in [1.29, 1.82) is 0 Å². The van der Waals surface area contributed by atoms with Crippen LogP contribution in [0.25, 0.3) is 0 Å². The smallest absolute Gasteiger partial charge is 0.353 e. The number of hydrogen-bond donors (Lipinski definition) is 1. The van der Waals surface area contributed by atoms with Gasteiger partial charge in [0, 0.05) is 13.6 Å². The number of nitro groups is 1. The molecule has 7 nitrogen and oxygen atoms in total. The van der Waals surface area contributed by atoms with Gasteiger partial charge in [-0.25, -0.2) is 9.97 Å². The van der Waals surface area contributed by atoms with Gasteiger partial charge in [0.15, 0.2) is 0 Å². The molecule has 1 aromatic heterocycles. The van der Waals surface area contributed by atoms with E-state index in [-0.39, 0.29) is 11.5 Å². The van der Waals surface area contributed by atoms with Crippen molar-refractivity contribution in [2.75, 3.05) is 24.2 Å². The zero-order valence-corrected chi connectivity index (χ0v) is 10.4. The van der Waals surface area contributed by atoms with Crippen LogP contribution < -0.4 is 10.6 Å². The van der Waals surface area contributed by atoms with E-state index < -0.39 is 4.92 Å². The van der Waals surface area contributed by atoms with Gasteiger partial charge < -0.3 is 10.6 Å². The van der Waals surface area contributed by atoms with Crippen molar-refractivity contribution < 1.29 is 4.92 Å². The maximum atomic E-state index is 11.0. The van der Waals surface area contributed by atoms with E-state index in [2.05, 4.69) is 9.97 Å². The van der Waals surface area contributed by atoms with E-state index in [9.17, 15) is 10.1 Å². The average molecular weight is 251 g/mol. The van der Waals surface area contributed by atoms with Gasteiger partial charge in [-0.05, 0) is 18.8 Å². The average Bonchev–Trinajstić information content (AvgIpc) is 2.80. The molecule has 0 radical (unpaired) electrons. The lowest BCUT2D eigenvalue weighted by Crippen LogP contribution is -2.26.